The van der Waals surface area contributed by atoms with Crippen LogP contribution in [0.5, 0.6) is 0 Å². The number of likely N-dealkylation sites (tertiary alicyclic amines) is 1. The first-order valence-electron chi connectivity index (χ1n) is 8.58. The molecule has 2 saturated heterocycles. The zero-order valence-corrected chi connectivity index (χ0v) is 12.9. The van der Waals surface area contributed by atoms with Crippen LogP contribution in [0, 0.1) is 11.8 Å². The fraction of sp³-hybridized carbons (Fsp3) is 1.00. The second-order valence-electron chi connectivity index (χ2n) is 7.38. The minimum Gasteiger partial charge on any atom is -0.377 e. The SMILES string of the molecule is CC(C)N1CCC2CCCCCCCC2C12COC2. The van der Waals surface area contributed by atoms with E-state index in [0.717, 1.165) is 25.0 Å². The number of fused-ring (bicyclic) bond motifs is 2. The molecule has 0 bridgehead atoms. The molecular formula is C17H31NO. The van der Waals surface area contributed by atoms with E-state index in [4.69, 9.17) is 4.74 Å². The van der Waals surface area contributed by atoms with Gasteiger partial charge in [0.15, 0.2) is 0 Å². The average Bonchev–Trinajstić information content (AvgIpc) is 2.46. The van der Waals surface area contributed by atoms with E-state index in [1.54, 1.807) is 0 Å². The Morgan fingerprint density at radius 2 is 1.63 bits per heavy atom. The van der Waals surface area contributed by atoms with Crippen molar-refractivity contribution in [3.63, 3.8) is 0 Å². The summed E-state index contributed by atoms with van der Waals surface area (Å²) < 4.78 is 5.71. The lowest BCUT2D eigenvalue weighted by Gasteiger charge is -2.61. The van der Waals surface area contributed by atoms with Crippen molar-refractivity contribution in [2.45, 2.75) is 76.8 Å². The Morgan fingerprint density at radius 1 is 0.947 bits per heavy atom. The van der Waals surface area contributed by atoms with Crippen LogP contribution in [0.1, 0.15) is 65.2 Å². The standard InChI is InChI=1S/C17H31NO/c1-14(2)18-11-10-15-8-6-4-3-5-7-9-16(15)17(18)12-19-13-17/h14-16H,3-13H2,1-2H3. The highest BCUT2D eigenvalue weighted by atomic mass is 16.5. The number of hydrogen-bond acceptors (Lipinski definition) is 2. The first-order chi connectivity index (χ1) is 9.24. The number of nitrogens with zero attached hydrogens (tertiary/aromatic N) is 1. The molecular weight excluding hydrogens is 234 g/mol. The molecule has 2 aliphatic heterocycles. The molecule has 1 aliphatic carbocycles. The summed E-state index contributed by atoms with van der Waals surface area (Å²) in [6.45, 7) is 8.06. The maximum atomic E-state index is 5.71. The largest absolute Gasteiger partial charge is 0.377 e. The molecule has 2 nitrogen and oxygen atoms in total. The van der Waals surface area contributed by atoms with Crippen LogP contribution in [-0.2, 0) is 4.74 Å². The molecule has 3 fully saturated rings. The van der Waals surface area contributed by atoms with Gasteiger partial charge in [-0.05, 0) is 45.1 Å². The van der Waals surface area contributed by atoms with E-state index in [9.17, 15) is 0 Å². The van der Waals surface area contributed by atoms with E-state index in [1.165, 1.54) is 57.9 Å². The van der Waals surface area contributed by atoms with Gasteiger partial charge in [-0.25, -0.2) is 0 Å². The molecule has 2 heterocycles. The van der Waals surface area contributed by atoms with Crippen molar-refractivity contribution in [3.8, 4) is 0 Å². The molecule has 0 aromatic carbocycles. The summed E-state index contributed by atoms with van der Waals surface area (Å²) in [7, 11) is 0. The van der Waals surface area contributed by atoms with Crippen LogP contribution in [0.2, 0.25) is 0 Å². The second-order valence-corrected chi connectivity index (χ2v) is 7.38. The summed E-state index contributed by atoms with van der Waals surface area (Å²) >= 11 is 0. The van der Waals surface area contributed by atoms with Crippen LogP contribution in [0.15, 0.2) is 0 Å². The highest BCUT2D eigenvalue weighted by Crippen LogP contribution is 2.47. The number of hydrogen-bond donors (Lipinski definition) is 0. The molecule has 19 heavy (non-hydrogen) atoms. The molecule has 0 amide bonds. The van der Waals surface area contributed by atoms with Gasteiger partial charge in [0.2, 0.25) is 0 Å². The summed E-state index contributed by atoms with van der Waals surface area (Å²) in [5.74, 6) is 1.90. The molecule has 110 valence electrons. The van der Waals surface area contributed by atoms with E-state index < -0.39 is 0 Å². The Labute approximate surface area is 118 Å². The van der Waals surface area contributed by atoms with Gasteiger partial charge >= 0.3 is 0 Å². The zero-order valence-electron chi connectivity index (χ0n) is 12.9. The van der Waals surface area contributed by atoms with Crippen molar-refractivity contribution in [2.24, 2.45) is 11.8 Å². The lowest BCUT2D eigenvalue weighted by atomic mass is 9.65. The molecule has 0 radical (unpaired) electrons. The predicted molar refractivity (Wildman–Crippen MR) is 79.3 cm³/mol. The van der Waals surface area contributed by atoms with Crippen LogP contribution in [0.25, 0.3) is 0 Å². The van der Waals surface area contributed by atoms with Crippen LogP contribution < -0.4 is 0 Å². The fourth-order valence-corrected chi connectivity index (χ4v) is 5.00. The Morgan fingerprint density at radius 3 is 2.26 bits per heavy atom. The molecule has 3 aliphatic rings. The maximum Gasteiger partial charge on any atom is 0.0711 e. The summed E-state index contributed by atoms with van der Waals surface area (Å²) in [4.78, 5) is 2.79. The number of piperidine rings is 1. The normalized spacial score (nSPS) is 36.2. The maximum absolute atomic E-state index is 5.71. The highest BCUT2D eigenvalue weighted by Gasteiger charge is 2.54. The minimum atomic E-state index is 0.418. The second kappa shape index (κ2) is 5.73. The molecule has 0 N–H and O–H groups in total. The van der Waals surface area contributed by atoms with Crippen molar-refractivity contribution in [1.82, 2.24) is 4.90 Å². The van der Waals surface area contributed by atoms with Gasteiger partial charge in [0.25, 0.3) is 0 Å². The molecule has 1 saturated carbocycles. The monoisotopic (exact) mass is 265 g/mol. The van der Waals surface area contributed by atoms with Gasteiger partial charge in [0.05, 0.1) is 18.8 Å². The summed E-state index contributed by atoms with van der Waals surface area (Å²) in [5, 5.41) is 0. The molecule has 2 heteroatoms. The number of ether oxygens (including phenoxy) is 1. The van der Waals surface area contributed by atoms with E-state index in [0.29, 0.717) is 11.6 Å². The molecule has 2 unspecified atom stereocenters. The lowest BCUT2D eigenvalue weighted by Crippen LogP contribution is -2.71. The van der Waals surface area contributed by atoms with Gasteiger partial charge in [-0.2, -0.15) is 0 Å². The average molecular weight is 265 g/mol. The first kappa shape index (κ1) is 13.9. The summed E-state index contributed by atoms with van der Waals surface area (Å²) in [5.41, 5.74) is 0.418. The van der Waals surface area contributed by atoms with Gasteiger partial charge in [0, 0.05) is 6.04 Å². The van der Waals surface area contributed by atoms with Gasteiger partial charge in [0.1, 0.15) is 0 Å². The van der Waals surface area contributed by atoms with Crippen molar-refractivity contribution in [3.05, 3.63) is 0 Å². The third-order valence-corrected chi connectivity index (χ3v) is 5.99. The van der Waals surface area contributed by atoms with E-state index in [1.807, 2.05) is 0 Å². The van der Waals surface area contributed by atoms with Gasteiger partial charge in [-0.3, -0.25) is 4.90 Å². The van der Waals surface area contributed by atoms with Crippen LogP contribution >= 0.6 is 0 Å². The third kappa shape index (κ3) is 2.47. The van der Waals surface area contributed by atoms with Crippen molar-refractivity contribution in [2.75, 3.05) is 19.8 Å². The van der Waals surface area contributed by atoms with Crippen molar-refractivity contribution in [1.29, 1.82) is 0 Å². The van der Waals surface area contributed by atoms with Gasteiger partial charge in [-0.15, -0.1) is 0 Å². The molecule has 3 rings (SSSR count). The fourth-order valence-electron chi connectivity index (χ4n) is 5.00. The quantitative estimate of drug-likeness (QED) is 0.714. The van der Waals surface area contributed by atoms with E-state index in [2.05, 4.69) is 18.7 Å². The van der Waals surface area contributed by atoms with Crippen LogP contribution in [-0.4, -0.2) is 36.2 Å². The zero-order chi connectivity index (χ0) is 13.3. The third-order valence-electron chi connectivity index (χ3n) is 5.99. The number of rotatable bonds is 1. The Balaban J connectivity index is 1.81. The molecule has 0 aromatic heterocycles. The Bertz CT molecular complexity index is 298. The van der Waals surface area contributed by atoms with Gasteiger partial charge in [-0.1, -0.05) is 38.5 Å². The highest BCUT2D eigenvalue weighted by molar-refractivity contribution is 5.07. The lowest BCUT2D eigenvalue weighted by molar-refractivity contribution is -0.208. The van der Waals surface area contributed by atoms with Crippen molar-refractivity contribution < 1.29 is 4.74 Å². The molecule has 2 atom stereocenters. The van der Waals surface area contributed by atoms with Crippen molar-refractivity contribution >= 4 is 0 Å². The van der Waals surface area contributed by atoms with Crippen LogP contribution in [0.4, 0.5) is 0 Å². The predicted octanol–water partition coefficient (Wildman–Crippen LogP) is 3.85. The first-order valence-corrected chi connectivity index (χ1v) is 8.58. The van der Waals surface area contributed by atoms with Gasteiger partial charge < -0.3 is 4.74 Å². The Kier molecular flexibility index (Phi) is 4.19. The molecule has 0 aromatic rings. The van der Waals surface area contributed by atoms with E-state index in [-0.39, 0.29) is 0 Å². The molecule has 1 spiro atoms. The topological polar surface area (TPSA) is 12.5 Å². The van der Waals surface area contributed by atoms with Crippen LogP contribution in [0.3, 0.4) is 0 Å². The summed E-state index contributed by atoms with van der Waals surface area (Å²) in [6, 6.07) is 0.678. The minimum absolute atomic E-state index is 0.418. The van der Waals surface area contributed by atoms with E-state index >= 15 is 0 Å². The summed E-state index contributed by atoms with van der Waals surface area (Å²) in [6.07, 6.45) is 11.7. The Hall–Kier alpha value is -0.0800. The smallest absolute Gasteiger partial charge is 0.0711 e.